The van der Waals surface area contributed by atoms with Gasteiger partial charge in [0.1, 0.15) is 0 Å². The van der Waals surface area contributed by atoms with E-state index in [2.05, 4.69) is 6.92 Å². The number of hydrogen-bond donors (Lipinski definition) is 0. The Bertz CT molecular complexity index is 115. The van der Waals surface area contributed by atoms with Gasteiger partial charge in [-0.2, -0.15) is 0 Å². The Morgan fingerprint density at radius 1 is 1.08 bits per heavy atom. The average molecular weight is 311 g/mol. The van der Waals surface area contributed by atoms with E-state index in [4.69, 9.17) is 4.74 Å². The van der Waals surface area contributed by atoms with Crippen LogP contribution in [0.25, 0.3) is 0 Å². The van der Waals surface area contributed by atoms with E-state index in [0.717, 1.165) is 12.8 Å². The van der Waals surface area contributed by atoms with Crippen LogP contribution in [0.1, 0.15) is 52.4 Å². The van der Waals surface area contributed by atoms with Crippen LogP contribution in [0.15, 0.2) is 0 Å². The van der Waals surface area contributed by atoms with Crippen molar-refractivity contribution in [1.29, 1.82) is 0 Å². The third kappa shape index (κ3) is 12.7. The van der Waals surface area contributed by atoms with Crippen LogP contribution in [0.3, 0.4) is 0 Å². The van der Waals surface area contributed by atoms with Gasteiger partial charge in [0.05, 0.1) is 6.61 Å². The van der Waals surface area contributed by atoms with E-state index in [1.54, 1.807) is 0 Å². The number of esters is 1. The van der Waals surface area contributed by atoms with Gasteiger partial charge in [0.2, 0.25) is 0 Å². The van der Waals surface area contributed by atoms with Crippen LogP contribution in [0, 0.1) is 35.6 Å². The Morgan fingerprint density at radius 3 is 2.31 bits per heavy atom. The van der Waals surface area contributed by atoms with Gasteiger partial charge < -0.3 is 4.74 Å². The Hall–Kier alpha value is 0.665. The smallest absolute Gasteiger partial charge is 0.305 e. The molecule has 0 heterocycles. The summed E-state index contributed by atoms with van der Waals surface area (Å²) in [7, 11) is 0. The summed E-state index contributed by atoms with van der Waals surface area (Å²) in [5.74, 6) is -0.0472. The standard InChI is InChI=1S/C10H20O2.La/c1-3-5-6-7-9-12-10(11)8-4-2;/h3-9H2,1-2H3;. The first-order valence-electron chi connectivity index (χ1n) is 4.96. The fraction of sp³-hybridized carbons (Fsp3) is 0.900. The molecule has 0 aliphatic rings. The SMILES string of the molecule is CCCCCCOC(=O)CCC.[La]. The zero-order valence-electron chi connectivity index (χ0n) is 8.84. The number of hydrogen-bond acceptors (Lipinski definition) is 2. The van der Waals surface area contributed by atoms with Crippen LogP contribution in [-0.4, -0.2) is 12.6 Å². The molecule has 2 nitrogen and oxygen atoms in total. The van der Waals surface area contributed by atoms with Gasteiger partial charge in [0, 0.05) is 42.0 Å². The van der Waals surface area contributed by atoms with E-state index in [1.165, 1.54) is 19.3 Å². The van der Waals surface area contributed by atoms with Crippen molar-refractivity contribution in [3.8, 4) is 0 Å². The van der Waals surface area contributed by atoms with E-state index < -0.39 is 0 Å². The maximum atomic E-state index is 10.9. The van der Waals surface area contributed by atoms with Crippen molar-refractivity contribution < 1.29 is 45.1 Å². The van der Waals surface area contributed by atoms with Crippen LogP contribution >= 0.6 is 0 Å². The third-order valence-corrected chi connectivity index (χ3v) is 1.72. The second-order valence-corrected chi connectivity index (χ2v) is 3.03. The second kappa shape index (κ2) is 12.7. The molecule has 13 heavy (non-hydrogen) atoms. The van der Waals surface area contributed by atoms with Gasteiger partial charge in [0.15, 0.2) is 0 Å². The third-order valence-electron chi connectivity index (χ3n) is 1.72. The minimum absolute atomic E-state index is 0. The zero-order chi connectivity index (χ0) is 9.23. The van der Waals surface area contributed by atoms with E-state index >= 15 is 0 Å². The molecule has 0 unspecified atom stereocenters. The van der Waals surface area contributed by atoms with Gasteiger partial charge in [-0.25, -0.2) is 0 Å². The molecular weight excluding hydrogens is 291 g/mol. The van der Waals surface area contributed by atoms with Gasteiger partial charge in [-0.3, -0.25) is 4.79 Å². The van der Waals surface area contributed by atoms with Crippen molar-refractivity contribution in [3.05, 3.63) is 0 Å². The van der Waals surface area contributed by atoms with Crippen molar-refractivity contribution in [1.82, 2.24) is 0 Å². The van der Waals surface area contributed by atoms with Crippen molar-refractivity contribution in [2.75, 3.05) is 6.61 Å². The summed E-state index contributed by atoms with van der Waals surface area (Å²) in [6, 6.07) is 0. The summed E-state index contributed by atoms with van der Waals surface area (Å²) in [6.45, 7) is 4.76. The van der Waals surface area contributed by atoms with Gasteiger partial charge in [-0.05, 0) is 12.8 Å². The minimum Gasteiger partial charge on any atom is -0.466 e. The minimum atomic E-state index is -0.0472. The van der Waals surface area contributed by atoms with E-state index in [-0.39, 0.29) is 41.6 Å². The Kier molecular flexibility index (Phi) is 15.7. The molecule has 0 saturated carbocycles. The molecule has 0 fully saturated rings. The largest absolute Gasteiger partial charge is 0.466 e. The van der Waals surface area contributed by atoms with Crippen molar-refractivity contribution in [2.45, 2.75) is 52.4 Å². The van der Waals surface area contributed by atoms with Crippen molar-refractivity contribution in [2.24, 2.45) is 0 Å². The number of unbranched alkanes of at least 4 members (excludes halogenated alkanes) is 3. The van der Waals surface area contributed by atoms with Crippen LogP contribution < -0.4 is 0 Å². The maximum Gasteiger partial charge on any atom is 0.305 e. The van der Waals surface area contributed by atoms with Gasteiger partial charge in [0.25, 0.3) is 0 Å². The fourth-order valence-electron chi connectivity index (χ4n) is 0.991. The molecular formula is C10H20LaO2. The number of carbonyl (C=O) groups excluding carboxylic acids is 1. The van der Waals surface area contributed by atoms with E-state index in [1.807, 2.05) is 6.92 Å². The Labute approximate surface area is 109 Å². The average Bonchev–Trinajstić information content (AvgIpc) is 2.05. The first kappa shape index (κ1) is 16.1. The Morgan fingerprint density at radius 2 is 1.77 bits per heavy atom. The maximum absolute atomic E-state index is 10.9. The number of ether oxygens (including phenoxy) is 1. The summed E-state index contributed by atoms with van der Waals surface area (Å²) in [6.07, 6.45) is 6.11. The van der Waals surface area contributed by atoms with Crippen molar-refractivity contribution in [3.63, 3.8) is 0 Å². The molecule has 0 aromatic rings. The fourth-order valence-corrected chi connectivity index (χ4v) is 0.991. The molecule has 0 N–H and O–H groups in total. The summed E-state index contributed by atoms with van der Waals surface area (Å²) in [4.78, 5) is 10.9. The molecule has 0 aliphatic heterocycles. The quantitative estimate of drug-likeness (QED) is 0.534. The number of rotatable bonds is 7. The first-order valence-corrected chi connectivity index (χ1v) is 4.96. The monoisotopic (exact) mass is 311 g/mol. The normalized spacial score (nSPS) is 9.08. The molecule has 0 aliphatic carbocycles. The predicted octanol–water partition coefficient (Wildman–Crippen LogP) is 2.91. The van der Waals surface area contributed by atoms with Crippen molar-refractivity contribution >= 4 is 5.97 Å². The topological polar surface area (TPSA) is 26.3 Å². The van der Waals surface area contributed by atoms with E-state index in [9.17, 15) is 4.79 Å². The molecule has 0 bridgehead atoms. The van der Waals surface area contributed by atoms with Gasteiger partial charge >= 0.3 is 5.97 Å². The summed E-state index contributed by atoms with van der Waals surface area (Å²) < 4.78 is 4.99. The molecule has 0 rings (SSSR count). The van der Waals surface area contributed by atoms with Gasteiger partial charge in [-0.1, -0.05) is 33.1 Å². The van der Waals surface area contributed by atoms with Crippen LogP contribution in [0.5, 0.6) is 0 Å². The second-order valence-electron chi connectivity index (χ2n) is 3.03. The molecule has 0 spiro atoms. The molecule has 0 saturated heterocycles. The molecule has 0 atom stereocenters. The molecule has 1 radical (unpaired) electrons. The van der Waals surface area contributed by atoms with E-state index in [0.29, 0.717) is 13.0 Å². The summed E-state index contributed by atoms with van der Waals surface area (Å²) in [5.41, 5.74) is 0. The van der Waals surface area contributed by atoms with Gasteiger partial charge in [-0.15, -0.1) is 0 Å². The molecule has 0 aromatic carbocycles. The van der Waals surface area contributed by atoms with Crippen LogP contribution in [-0.2, 0) is 9.53 Å². The Balaban J connectivity index is 0. The predicted molar refractivity (Wildman–Crippen MR) is 50.0 cm³/mol. The molecule has 75 valence electrons. The zero-order valence-corrected chi connectivity index (χ0v) is 12.5. The van der Waals surface area contributed by atoms with Crippen LogP contribution in [0.2, 0.25) is 0 Å². The molecule has 3 heteroatoms. The molecule has 0 amide bonds. The number of carbonyl (C=O) groups is 1. The molecule has 0 aromatic heterocycles. The van der Waals surface area contributed by atoms with Crippen LogP contribution in [0.4, 0.5) is 0 Å². The first-order chi connectivity index (χ1) is 5.81. The summed E-state index contributed by atoms with van der Waals surface area (Å²) in [5, 5.41) is 0. The summed E-state index contributed by atoms with van der Waals surface area (Å²) >= 11 is 0.